The Labute approximate surface area is 106 Å². The molecule has 0 amide bonds. The minimum Gasteiger partial charge on any atom is -0.382 e. The largest absolute Gasteiger partial charge is 0.382 e. The van der Waals surface area contributed by atoms with E-state index in [2.05, 4.69) is 6.92 Å². The van der Waals surface area contributed by atoms with Gasteiger partial charge in [-0.15, -0.1) is 0 Å². The average molecular weight is 240 g/mol. The maximum absolute atomic E-state index is 12.0. The Morgan fingerprint density at radius 2 is 1.59 bits per heavy atom. The first-order chi connectivity index (χ1) is 8.19. The third-order valence-electron chi connectivity index (χ3n) is 3.96. The first kappa shape index (κ1) is 14.7. The second kappa shape index (κ2) is 7.86. The number of hydrogen-bond donors (Lipinski definition) is 1. The Kier molecular flexibility index (Phi) is 6.79. The standard InChI is InChI=1S/C15H28O2/c1-2-3-4-5-6-8-11-14(16)15(17)12-9-7-10-13-15/h17H,2-13H2,1H3. The Balaban J connectivity index is 2.11. The van der Waals surface area contributed by atoms with Gasteiger partial charge in [0.25, 0.3) is 0 Å². The lowest BCUT2D eigenvalue weighted by atomic mass is 9.80. The molecule has 1 rings (SSSR count). The third-order valence-corrected chi connectivity index (χ3v) is 3.96. The summed E-state index contributed by atoms with van der Waals surface area (Å²) in [5, 5.41) is 10.2. The highest BCUT2D eigenvalue weighted by atomic mass is 16.3. The van der Waals surface area contributed by atoms with E-state index in [4.69, 9.17) is 0 Å². The van der Waals surface area contributed by atoms with Crippen molar-refractivity contribution in [1.82, 2.24) is 0 Å². The highest BCUT2D eigenvalue weighted by molar-refractivity contribution is 5.87. The summed E-state index contributed by atoms with van der Waals surface area (Å²) in [5.41, 5.74) is -0.957. The van der Waals surface area contributed by atoms with E-state index in [1.165, 1.54) is 32.1 Å². The maximum atomic E-state index is 12.0. The second-order valence-electron chi connectivity index (χ2n) is 5.53. The van der Waals surface area contributed by atoms with Gasteiger partial charge in [-0.1, -0.05) is 58.3 Å². The number of aliphatic hydroxyl groups is 1. The zero-order valence-corrected chi connectivity index (χ0v) is 11.3. The molecule has 0 aromatic carbocycles. The number of rotatable bonds is 8. The minimum absolute atomic E-state index is 0.104. The number of carbonyl (C=O) groups is 1. The van der Waals surface area contributed by atoms with Crippen LogP contribution in [0.5, 0.6) is 0 Å². The van der Waals surface area contributed by atoms with E-state index in [1.54, 1.807) is 0 Å². The van der Waals surface area contributed by atoms with Crippen molar-refractivity contribution < 1.29 is 9.90 Å². The predicted molar refractivity (Wildman–Crippen MR) is 71.0 cm³/mol. The van der Waals surface area contributed by atoms with Gasteiger partial charge in [0.1, 0.15) is 5.60 Å². The van der Waals surface area contributed by atoms with E-state index in [0.717, 1.165) is 25.7 Å². The van der Waals surface area contributed by atoms with Gasteiger partial charge < -0.3 is 5.11 Å². The van der Waals surface area contributed by atoms with Crippen molar-refractivity contribution >= 4 is 5.78 Å². The molecule has 1 saturated carbocycles. The normalized spacial score (nSPS) is 19.2. The fourth-order valence-corrected chi connectivity index (χ4v) is 2.71. The van der Waals surface area contributed by atoms with Crippen molar-refractivity contribution in [2.75, 3.05) is 0 Å². The zero-order valence-electron chi connectivity index (χ0n) is 11.3. The predicted octanol–water partition coefficient (Wildman–Crippen LogP) is 4.00. The fourth-order valence-electron chi connectivity index (χ4n) is 2.71. The molecule has 0 aliphatic heterocycles. The summed E-state index contributed by atoms with van der Waals surface area (Å²) < 4.78 is 0. The quantitative estimate of drug-likeness (QED) is 0.651. The van der Waals surface area contributed by atoms with E-state index >= 15 is 0 Å². The molecule has 0 bridgehead atoms. The van der Waals surface area contributed by atoms with Crippen LogP contribution in [0.2, 0.25) is 0 Å². The Morgan fingerprint density at radius 1 is 1.00 bits per heavy atom. The monoisotopic (exact) mass is 240 g/mol. The summed E-state index contributed by atoms with van der Waals surface area (Å²) in [4.78, 5) is 12.0. The molecule has 2 nitrogen and oxygen atoms in total. The van der Waals surface area contributed by atoms with Gasteiger partial charge >= 0.3 is 0 Å². The maximum Gasteiger partial charge on any atom is 0.164 e. The number of ketones is 1. The number of hydrogen-bond acceptors (Lipinski definition) is 2. The highest BCUT2D eigenvalue weighted by Gasteiger charge is 2.35. The van der Waals surface area contributed by atoms with Crippen LogP contribution in [0, 0.1) is 0 Å². The molecule has 1 aliphatic rings. The summed E-state index contributed by atoms with van der Waals surface area (Å²) in [6.07, 6.45) is 12.4. The second-order valence-corrected chi connectivity index (χ2v) is 5.53. The highest BCUT2D eigenvalue weighted by Crippen LogP contribution is 2.30. The number of carbonyl (C=O) groups excluding carboxylic acids is 1. The van der Waals surface area contributed by atoms with Crippen molar-refractivity contribution in [1.29, 1.82) is 0 Å². The van der Waals surface area contributed by atoms with Crippen molar-refractivity contribution in [3.05, 3.63) is 0 Å². The molecule has 0 saturated heterocycles. The van der Waals surface area contributed by atoms with E-state index < -0.39 is 5.60 Å². The van der Waals surface area contributed by atoms with Gasteiger partial charge in [-0.25, -0.2) is 0 Å². The van der Waals surface area contributed by atoms with Gasteiger partial charge in [-0.2, -0.15) is 0 Å². The van der Waals surface area contributed by atoms with Crippen molar-refractivity contribution in [3.63, 3.8) is 0 Å². The van der Waals surface area contributed by atoms with Crippen molar-refractivity contribution in [2.45, 2.75) is 89.6 Å². The van der Waals surface area contributed by atoms with E-state index in [-0.39, 0.29) is 5.78 Å². The van der Waals surface area contributed by atoms with Crippen LogP contribution in [-0.4, -0.2) is 16.5 Å². The molecule has 2 heteroatoms. The summed E-state index contributed by atoms with van der Waals surface area (Å²) in [6, 6.07) is 0. The van der Waals surface area contributed by atoms with Crippen LogP contribution in [0.3, 0.4) is 0 Å². The van der Waals surface area contributed by atoms with E-state index in [9.17, 15) is 9.90 Å². The lowest BCUT2D eigenvalue weighted by Crippen LogP contribution is -2.40. The van der Waals surface area contributed by atoms with Crippen molar-refractivity contribution in [3.8, 4) is 0 Å². The summed E-state index contributed by atoms with van der Waals surface area (Å²) in [5.74, 6) is 0.104. The smallest absolute Gasteiger partial charge is 0.164 e. The van der Waals surface area contributed by atoms with Crippen LogP contribution < -0.4 is 0 Å². The molecule has 1 N–H and O–H groups in total. The molecule has 17 heavy (non-hydrogen) atoms. The molecule has 0 aromatic heterocycles. The first-order valence-electron chi connectivity index (χ1n) is 7.45. The third kappa shape index (κ3) is 5.20. The Hall–Kier alpha value is -0.370. The van der Waals surface area contributed by atoms with E-state index in [1.807, 2.05) is 0 Å². The lowest BCUT2D eigenvalue weighted by Gasteiger charge is -2.30. The molecule has 100 valence electrons. The lowest BCUT2D eigenvalue weighted by molar-refractivity contribution is -0.140. The van der Waals surface area contributed by atoms with Crippen LogP contribution in [0.15, 0.2) is 0 Å². The summed E-state index contributed by atoms with van der Waals surface area (Å²) >= 11 is 0. The van der Waals surface area contributed by atoms with Gasteiger partial charge in [-0.3, -0.25) is 4.79 Å². The van der Waals surface area contributed by atoms with Gasteiger partial charge in [0.05, 0.1) is 0 Å². The molecule has 0 atom stereocenters. The van der Waals surface area contributed by atoms with Crippen LogP contribution in [0.4, 0.5) is 0 Å². The minimum atomic E-state index is -0.957. The average Bonchev–Trinajstić information content (AvgIpc) is 2.34. The van der Waals surface area contributed by atoms with Gasteiger partial charge in [0, 0.05) is 6.42 Å². The van der Waals surface area contributed by atoms with Gasteiger partial charge in [0.15, 0.2) is 5.78 Å². The van der Waals surface area contributed by atoms with E-state index in [0.29, 0.717) is 19.3 Å². The fraction of sp³-hybridized carbons (Fsp3) is 0.933. The zero-order chi connectivity index (χ0) is 12.6. The molecule has 0 heterocycles. The molecule has 1 aliphatic carbocycles. The summed E-state index contributed by atoms with van der Waals surface area (Å²) in [6.45, 7) is 2.21. The molecular formula is C15H28O2. The molecule has 1 fully saturated rings. The number of unbranched alkanes of at least 4 members (excludes halogenated alkanes) is 5. The Morgan fingerprint density at radius 3 is 2.24 bits per heavy atom. The first-order valence-corrected chi connectivity index (χ1v) is 7.45. The van der Waals surface area contributed by atoms with Gasteiger partial charge in [-0.05, 0) is 19.3 Å². The molecule has 0 aromatic rings. The molecular weight excluding hydrogens is 212 g/mol. The molecule has 0 radical (unpaired) electrons. The molecule has 0 unspecified atom stereocenters. The summed E-state index contributed by atoms with van der Waals surface area (Å²) in [7, 11) is 0. The van der Waals surface area contributed by atoms with Gasteiger partial charge in [0.2, 0.25) is 0 Å². The van der Waals surface area contributed by atoms with Crippen LogP contribution in [0.25, 0.3) is 0 Å². The SMILES string of the molecule is CCCCCCCCC(=O)C1(O)CCCCC1. The van der Waals surface area contributed by atoms with Crippen LogP contribution >= 0.6 is 0 Å². The molecule has 0 spiro atoms. The number of Topliss-reactive ketones (excluding diaryl/α,β-unsaturated/α-hetero) is 1. The van der Waals surface area contributed by atoms with Crippen LogP contribution in [-0.2, 0) is 4.79 Å². The van der Waals surface area contributed by atoms with Crippen LogP contribution in [0.1, 0.15) is 84.0 Å². The Bertz CT molecular complexity index is 217. The topological polar surface area (TPSA) is 37.3 Å². The van der Waals surface area contributed by atoms with Crippen molar-refractivity contribution in [2.24, 2.45) is 0 Å².